The van der Waals surface area contributed by atoms with Crippen molar-refractivity contribution in [3.63, 3.8) is 0 Å². The van der Waals surface area contributed by atoms with Gasteiger partial charge in [-0.05, 0) is 52.3 Å². The number of carbonyl (C=O) groups is 1. The van der Waals surface area contributed by atoms with Gasteiger partial charge in [0, 0.05) is 3.57 Å². The molecule has 2 N–H and O–H groups in total. The number of halogens is 1. The number of amides is 2. The van der Waals surface area contributed by atoms with Gasteiger partial charge in [0.1, 0.15) is 0 Å². The molecule has 4 heteroatoms. The summed E-state index contributed by atoms with van der Waals surface area (Å²) in [5.41, 5.74) is 3.09. The minimum atomic E-state index is -0.210. The number of hydrogen-bond donors (Lipinski definition) is 2. The Labute approximate surface area is 173 Å². The highest BCUT2D eigenvalue weighted by molar-refractivity contribution is 14.1. The van der Waals surface area contributed by atoms with E-state index in [1.54, 1.807) is 0 Å². The topological polar surface area (TPSA) is 41.1 Å². The zero-order valence-electron chi connectivity index (χ0n) is 14.8. The Morgan fingerprint density at radius 3 is 2.22 bits per heavy atom. The summed E-state index contributed by atoms with van der Waals surface area (Å²) in [5, 5.41) is 6.00. The highest BCUT2D eigenvalue weighted by Crippen LogP contribution is 2.17. The quantitative estimate of drug-likeness (QED) is 0.446. The van der Waals surface area contributed by atoms with Gasteiger partial charge in [-0.25, -0.2) is 4.79 Å². The molecule has 0 saturated carbocycles. The second kappa shape index (κ2) is 9.92. The number of hydrogen-bond acceptors (Lipinski definition) is 1. The van der Waals surface area contributed by atoms with Crippen molar-refractivity contribution < 1.29 is 4.79 Å². The van der Waals surface area contributed by atoms with Gasteiger partial charge < -0.3 is 10.6 Å². The Balaban J connectivity index is 1.71. The summed E-state index contributed by atoms with van der Waals surface area (Å²) >= 11 is 2.21. The molecule has 0 saturated heterocycles. The number of rotatable bonds is 6. The van der Waals surface area contributed by atoms with E-state index >= 15 is 0 Å². The summed E-state index contributed by atoms with van der Waals surface area (Å²) in [7, 11) is 0. The first-order valence-corrected chi connectivity index (χ1v) is 9.88. The lowest BCUT2D eigenvalue weighted by atomic mass is 10.0. The molecule has 0 radical (unpaired) electrons. The third-order valence-electron chi connectivity index (χ3n) is 4.06. The molecule has 27 heavy (non-hydrogen) atoms. The summed E-state index contributed by atoms with van der Waals surface area (Å²) in [5.74, 6) is 0. The van der Waals surface area contributed by atoms with Crippen LogP contribution in [0.4, 0.5) is 10.5 Å². The van der Waals surface area contributed by atoms with Gasteiger partial charge in [0.15, 0.2) is 0 Å². The van der Waals surface area contributed by atoms with Crippen LogP contribution in [-0.2, 0) is 6.42 Å². The summed E-state index contributed by atoms with van der Waals surface area (Å²) in [6.07, 6.45) is 4.81. The molecule has 2 amide bonds. The third-order valence-corrected chi connectivity index (χ3v) is 5.00. The van der Waals surface area contributed by atoms with Crippen LogP contribution in [0.1, 0.15) is 11.1 Å². The number of nitrogens with one attached hydrogen (secondary N) is 2. The van der Waals surface area contributed by atoms with Gasteiger partial charge in [-0.15, -0.1) is 0 Å². The number of benzene rings is 3. The Morgan fingerprint density at radius 1 is 0.889 bits per heavy atom. The fourth-order valence-corrected chi connectivity index (χ4v) is 3.24. The standard InChI is InChI=1S/C23H21IN2O/c24-21-13-7-8-14-22(21)26-23(27)25-20(17-19-11-5-2-6-12-19)16-15-18-9-3-1-4-10-18/h1-16,20H,17H2,(H2,25,26,27)/b16-15+/t20-/m0/s1. The average Bonchev–Trinajstić information content (AvgIpc) is 2.69. The van der Waals surface area contributed by atoms with Gasteiger partial charge >= 0.3 is 6.03 Å². The van der Waals surface area contributed by atoms with Crippen molar-refractivity contribution in [1.82, 2.24) is 5.32 Å². The molecule has 0 aromatic heterocycles. The molecule has 3 rings (SSSR count). The maximum Gasteiger partial charge on any atom is 0.319 e. The molecule has 0 fully saturated rings. The summed E-state index contributed by atoms with van der Waals surface area (Å²) in [4.78, 5) is 12.5. The molecule has 0 spiro atoms. The van der Waals surface area contributed by atoms with E-state index in [1.165, 1.54) is 5.56 Å². The first-order chi connectivity index (χ1) is 13.2. The van der Waals surface area contributed by atoms with Crippen molar-refractivity contribution in [3.05, 3.63) is 106 Å². The molecule has 0 heterocycles. The van der Waals surface area contributed by atoms with Gasteiger partial charge in [0.05, 0.1) is 11.7 Å². The largest absolute Gasteiger partial charge is 0.331 e. The van der Waals surface area contributed by atoms with E-state index in [-0.39, 0.29) is 12.1 Å². The van der Waals surface area contributed by atoms with Crippen LogP contribution < -0.4 is 10.6 Å². The highest BCUT2D eigenvalue weighted by atomic mass is 127. The molecule has 136 valence electrons. The molecular weight excluding hydrogens is 447 g/mol. The monoisotopic (exact) mass is 468 g/mol. The molecule has 0 aliphatic rings. The van der Waals surface area contributed by atoms with E-state index in [9.17, 15) is 4.79 Å². The van der Waals surface area contributed by atoms with E-state index < -0.39 is 0 Å². The van der Waals surface area contributed by atoms with E-state index in [0.29, 0.717) is 0 Å². The average molecular weight is 468 g/mol. The predicted octanol–water partition coefficient (Wildman–Crippen LogP) is 5.74. The van der Waals surface area contributed by atoms with Crippen molar-refractivity contribution in [2.45, 2.75) is 12.5 Å². The number of urea groups is 1. The molecular formula is C23H21IN2O. The summed E-state index contributed by atoms with van der Waals surface area (Å²) in [6, 6.07) is 27.7. The Hall–Kier alpha value is -2.60. The van der Waals surface area contributed by atoms with Crippen LogP contribution in [-0.4, -0.2) is 12.1 Å². The minimum absolute atomic E-state index is 0.117. The minimum Gasteiger partial charge on any atom is -0.331 e. The zero-order chi connectivity index (χ0) is 18.9. The lowest BCUT2D eigenvalue weighted by molar-refractivity contribution is 0.250. The fraction of sp³-hybridized carbons (Fsp3) is 0.0870. The Kier molecular flexibility index (Phi) is 7.04. The van der Waals surface area contributed by atoms with Gasteiger partial charge in [0.2, 0.25) is 0 Å². The van der Waals surface area contributed by atoms with Gasteiger partial charge in [-0.2, -0.15) is 0 Å². The Bertz CT molecular complexity index is 895. The predicted molar refractivity (Wildman–Crippen MR) is 121 cm³/mol. The molecule has 1 atom stereocenters. The van der Waals surface area contributed by atoms with Crippen LogP contribution in [0.2, 0.25) is 0 Å². The van der Waals surface area contributed by atoms with Crippen LogP contribution in [0, 0.1) is 3.57 Å². The van der Waals surface area contributed by atoms with Crippen molar-refractivity contribution in [2.75, 3.05) is 5.32 Å². The van der Waals surface area contributed by atoms with Gasteiger partial charge in [-0.1, -0.05) is 84.9 Å². The molecule has 3 aromatic rings. The van der Waals surface area contributed by atoms with Gasteiger partial charge in [-0.3, -0.25) is 0 Å². The van der Waals surface area contributed by atoms with Crippen molar-refractivity contribution in [3.8, 4) is 0 Å². The van der Waals surface area contributed by atoms with E-state index in [1.807, 2.05) is 84.9 Å². The van der Waals surface area contributed by atoms with Crippen molar-refractivity contribution >= 4 is 40.4 Å². The maximum absolute atomic E-state index is 12.5. The number of carbonyl (C=O) groups excluding carboxylic acids is 1. The van der Waals surface area contributed by atoms with Crippen molar-refractivity contribution in [2.24, 2.45) is 0 Å². The first-order valence-electron chi connectivity index (χ1n) is 8.80. The first kappa shape index (κ1) is 19.2. The molecule has 3 nitrogen and oxygen atoms in total. The number of para-hydroxylation sites is 1. The van der Waals surface area contributed by atoms with Crippen molar-refractivity contribution in [1.29, 1.82) is 0 Å². The zero-order valence-corrected chi connectivity index (χ0v) is 17.0. The highest BCUT2D eigenvalue weighted by Gasteiger charge is 2.11. The summed E-state index contributed by atoms with van der Waals surface area (Å²) in [6.45, 7) is 0. The molecule has 0 aliphatic carbocycles. The lowest BCUT2D eigenvalue weighted by Crippen LogP contribution is -2.38. The normalized spacial score (nSPS) is 11.9. The maximum atomic E-state index is 12.5. The lowest BCUT2D eigenvalue weighted by Gasteiger charge is -2.17. The van der Waals surface area contributed by atoms with Crippen LogP contribution in [0.3, 0.4) is 0 Å². The third kappa shape index (κ3) is 6.25. The van der Waals surface area contributed by atoms with Crippen LogP contribution >= 0.6 is 22.6 Å². The van der Waals surface area contributed by atoms with Crippen LogP contribution in [0.15, 0.2) is 91.0 Å². The second-order valence-electron chi connectivity index (χ2n) is 6.14. The van der Waals surface area contributed by atoms with E-state index in [2.05, 4.69) is 45.4 Å². The number of anilines is 1. The van der Waals surface area contributed by atoms with Gasteiger partial charge in [0.25, 0.3) is 0 Å². The van der Waals surface area contributed by atoms with E-state index in [4.69, 9.17) is 0 Å². The SMILES string of the molecule is O=C(Nc1ccccc1I)N[C@@H](/C=C/c1ccccc1)Cc1ccccc1. The summed E-state index contributed by atoms with van der Waals surface area (Å²) < 4.78 is 1.00. The fourth-order valence-electron chi connectivity index (χ4n) is 2.72. The van der Waals surface area contributed by atoms with Crippen LogP contribution in [0.5, 0.6) is 0 Å². The molecule has 0 unspecified atom stereocenters. The molecule has 0 aliphatic heterocycles. The Morgan fingerprint density at radius 2 is 1.52 bits per heavy atom. The smallest absolute Gasteiger partial charge is 0.319 e. The molecule has 3 aromatic carbocycles. The van der Waals surface area contributed by atoms with Crippen LogP contribution in [0.25, 0.3) is 6.08 Å². The molecule has 0 bridgehead atoms. The van der Waals surface area contributed by atoms with E-state index in [0.717, 1.165) is 21.2 Å². The second-order valence-corrected chi connectivity index (χ2v) is 7.31.